The highest BCUT2D eigenvalue weighted by Gasteiger charge is 2.15. The molecule has 0 saturated carbocycles. The van der Waals surface area contributed by atoms with Crippen LogP contribution in [0.3, 0.4) is 0 Å². The highest BCUT2D eigenvalue weighted by molar-refractivity contribution is 7.99. The van der Waals surface area contributed by atoms with Crippen molar-refractivity contribution in [2.75, 3.05) is 11.1 Å². The fourth-order valence-electron chi connectivity index (χ4n) is 2.53. The largest absolute Gasteiger partial charge is 0.325 e. The molecule has 0 aliphatic rings. The average molecular weight is 391 g/mol. The molecule has 26 heavy (non-hydrogen) atoms. The molecule has 1 heterocycles. The second-order valence-electron chi connectivity index (χ2n) is 5.39. The Morgan fingerprint density at radius 1 is 1.35 bits per heavy atom. The SMILES string of the molecule is CCn1c(SCC(=O)Nc2ccc(Cl)c([N+](=O)[O-])c2)nc2ccccc21. The topological polar surface area (TPSA) is 90.1 Å². The van der Waals surface area contributed by atoms with Crippen molar-refractivity contribution < 1.29 is 9.72 Å². The van der Waals surface area contributed by atoms with Gasteiger partial charge in [0.2, 0.25) is 5.91 Å². The summed E-state index contributed by atoms with van der Waals surface area (Å²) < 4.78 is 2.04. The van der Waals surface area contributed by atoms with Gasteiger partial charge in [-0.2, -0.15) is 0 Å². The second-order valence-corrected chi connectivity index (χ2v) is 6.74. The Balaban J connectivity index is 1.70. The minimum atomic E-state index is -0.587. The molecule has 0 radical (unpaired) electrons. The van der Waals surface area contributed by atoms with Crippen LogP contribution in [0.1, 0.15) is 6.92 Å². The Kier molecular flexibility index (Phi) is 5.43. The number of fused-ring (bicyclic) bond motifs is 1. The zero-order valence-corrected chi connectivity index (χ0v) is 15.4. The van der Waals surface area contributed by atoms with Gasteiger partial charge in [0, 0.05) is 18.3 Å². The number of rotatable bonds is 6. The van der Waals surface area contributed by atoms with Gasteiger partial charge < -0.3 is 9.88 Å². The lowest BCUT2D eigenvalue weighted by molar-refractivity contribution is -0.384. The molecule has 0 bridgehead atoms. The molecule has 2 aromatic carbocycles. The highest BCUT2D eigenvalue weighted by Crippen LogP contribution is 2.28. The monoisotopic (exact) mass is 390 g/mol. The van der Waals surface area contributed by atoms with Gasteiger partial charge in [-0.1, -0.05) is 35.5 Å². The van der Waals surface area contributed by atoms with E-state index < -0.39 is 4.92 Å². The van der Waals surface area contributed by atoms with E-state index in [2.05, 4.69) is 10.3 Å². The molecule has 3 rings (SSSR count). The molecular formula is C17H15ClN4O3S. The zero-order chi connectivity index (χ0) is 18.7. The lowest BCUT2D eigenvalue weighted by atomic mass is 10.3. The number of nitrogens with one attached hydrogen (secondary N) is 1. The lowest BCUT2D eigenvalue weighted by Crippen LogP contribution is -2.14. The van der Waals surface area contributed by atoms with Crippen molar-refractivity contribution in [3.63, 3.8) is 0 Å². The molecule has 0 aliphatic carbocycles. The number of benzene rings is 2. The molecule has 3 aromatic rings. The first-order valence-corrected chi connectivity index (χ1v) is 9.17. The third kappa shape index (κ3) is 3.81. The number of thioether (sulfide) groups is 1. The summed E-state index contributed by atoms with van der Waals surface area (Å²) >= 11 is 7.09. The number of halogens is 1. The molecule has 0 unspecified atom stereocenters. The van der Waals surface area contributed by atoms with Crippen molar-refractivity contribution in [2.24, 2.45) is 0 Å². The van der Waals surface area contributed by atoms with E-state index in [1.165, 1.54) is 30.0 Å². The molecule has 0 saturated heterocycles. The maximum atomic E-state index is 12.2. The van der Waals surface area contributed by atoms with Crippen LogP contribution in [0, 0.1) is 10.1 Å². The van der Waals surface area contributed by atoms with Crippen molar-refractivity contribution in [1.82, 2.24) is 9.55 Å². The molecule has 7 nitrogen and oxygen atoms in total. The van der Waals surface area contributed by atoms with Gasteiger partial charge in [0.05, 0.1) is 21.7 Å². The molecular weight excluding hydrogens is 376 g/mol. The summed E-state index contributed by atoms with van der Waals surface area (Å²) in [6, 6.07) is 11.9. The molecule has 1 N–H and O–H groups in total. The first-order chi connectivity index (χ1) is 12.5. The molecule has 1 aromatic heterocycles. The quantitative estimate of drug-likeness (QED) is 0.384. The summed E-state index contributed by atoms with van der Waals surface area (Å²) in [6.45, 7) is 2.76. The normalized spacial score (nSPS) is 10.8. The number of carbonyl (C=O) groups excluding carboxylic acids is 1. The number of aryl methyl sites for hydroxylation is 1. The minimum Gasteiger partial charge on any atom is -0.325 e. The Hall–Kier alpha value is -2.58. The van der Waals surface area contributed by atoms with Gasteiger partial charge in [-0.25, -0.2) is 4.98 Å². The van der Waals surface area contributed by atoms with Gasteiger partial charge in [-0.3, -0.25) is 14.9 Å². The Labute approximate surface area is 158 Å². The second kappa shape index (κ2) is 7.76. The smallest absolute Gasteiger partial charge is 0.289 e. The minimum absolute atomic E-state index is 0.0269. The molecule has 134 valence electrons. The van der Waals surface area contributed by atoms with E-state index in [1.807, 2.05) is 35.8 Å². The van der Waals surface area contributed by atoms with Gasteiger partial charge in [-0.15, -0.1) is 0 Å². The number of anilines is 1. The van der Waals surface area contributed by atoms with Gasteiger partial charge >= 0.3 is 0 Å². The van der Waals surface area contributed by atoms with Crippen molar-refractivity contribution in [2.45, 2.75) is 18.6 Å². The predicted molar refractivity (Wildman–Crippen MR) is 103 cm³/mol. The van der Waals surface area contributed by atoms with E-state index in [-0.39, 0.29) is 22.4 Å². The molecule has 1 amide bonds. The lowest BCUT2D eigenvalue weighted by Gasteiger charge is -2.07. The number of nitro groups is 1. The number of amides is 1. The van der Waals surface area contributed by atoms with Crippen LogP contribution in [-0.4, -0.2) is 26.1 Å². The number of para-hydroxylation sites is 2. The van der Waals surface area contributed by atoms with Gasteiger partial charge in [-0.05, 0) is 31.2 Å². The Morgan fingerprint density at radius 3 is 2.85 bits per heavy atom. The van der Waals surface area contributed by atoms with Crippen LogP contribution in [0.2, 0.25) is 5.02 Å². The summed E-state index contributed by atoms with van der Waals surface area (Å²) in [5.41, 5.74) is 1.98. The summed E-state index contributed by atoms with van der Waals surface area (Å²) in [4.78, 5) is 27.1. The average Bonchev–Trinajstić information content (AvgIpc) is 2.99. The number of hydrogen-bond acceptors (Lipinski definition) is 5. The number of carbonyl (C=O) groups is 1. The van der Waals surface area contributed by atoms with E-state index >= 15 is 0 Å². The fourth-order valence-corrected chi connectivity index (χ4v) is 3.59. The van der Waals surface area contributed by atoms with Crippen LogP contribution in [0.15, 0.2) is 47.6 Å². The van der Waals surface area contributed by atoms with Gasteiger partial charge in [0.25, 0.3) is 5.69 Å². The van der Waals surface area contributed by atoms with Crippen molar-refractivity contribution >= 4 is 51.7 Å². The van der Waals surface area contributed by atoms with Crippen molar-refractivity contribution in [1.29, 1.82) is 0 Å². The van der Waals surface area contributed by atoms with E-state index in [9.17, 15) is 14.9 Å². The standard InChI is InChI=1S/C17H15ClN4O3S/c1-2-21-14-6-4-3-5-13(14)20-17(21)26-10-16(23)19-11-7-8-12(18)15(9-11)22(24)25/h3-9H,2,10H2,1H3,(H,19,23). The van der Waals surface area contributed by atoms with Gasteiger partial charge in [0.1, 0.15) is 5.02 Å². The maximum absolute atomic E-state index is 12.2. The van der Waals surface area contributed by atoms with Crippen LogP contribution in [0.25, 0.3) is 11.0 Å². The third-order valence-corrected chi connectivity index (χ3v) is 4.99. The highest BCUT2D eigenvalue weighted by atomic mass is 35.5. The zero-order valence-electron chi connectivity index (χ0n) is 13.8. The first-order valence-electron chi connectivity index (χ1n) is 7.81. The fraction of sp³-hybridized carbons (Fsp3) is 0.176. The van der Waals surface area contributed by atoms with Crippen LogP contribution < -0.4 is 5.32 Å². The van der Waals surface area contributed by atoms with E-state index in [0.29, 0.717) is 5.69 Å². The predicted octanol–water partition coefficient (Wildman–Crippen LogP) is 4.35. The summed E-state index contributed by atoms with van der Waals surface area (Å²) in [5.74, 6) is -0.138. The van der Waals surface area contributed by atoms with Crippen LogP contribution in [-0.2, 0) is 11.3 Å². The summed E-state index contributed by atoms with van der Waals surface area (Å²) in [6.07, 6.45) is 0. The Bertz CT molecular complexity index is 989. The van der Waals surface area contributed by atoms with Crippen LogP contribution in [0.4, 0.5) is 11.4 Å². The number of aromatic nitrogens is 2. The van der Waals surface area contributed by atoms with E-state index in [4.69, 9.17) is 11.6 Å². The summed E-state index contributed by atoms with van der Waals surface area (Å²) in [5, 5.41) is 14.3. The third-order valence-electron chi connectivity index (χ3n) is 3.69. The number of hydrogen-bond donors (Lipinski definition) is 1. The van der Waals surface area contributed by atoms with E-state index in [1.54, 1.807) is 0 Å². The molecule has 0 fully saturated rings. The van der Waals surface area contributed by atoms with Gasteiger partial charge in [0.15, 0.2) is 5.16 Å². The van der Waals surface area contributed by atoms with E-state index in [0.717, 1.165) is 22.7 Å². The Morgan fingerprint density at radius 2 is 2.12 bits per heavy atom. The molecule has 0 aliphatic heterocycles. The van der Waals surface area contributed by atoms with Crippen LogP contribution in [0.5, 0.6) is 0 Å². The number of imidazole rings is 1. The molecule has 0 atom stereocenters. The van der Waals surface area contributed by atoms with Crippen molar-refractivity contribution in [3.05, 3.63) is 57.6 Å². The number of nitrogens with zero attached hydrogens (tertiary/aromatic N) is 3. The molecule has 0 spiro atoms. The first kappa shape index (κ1) is 18.2. The number of nitro benzene ring substituents is 1. The van der Waals surface area contributed by atoms with Crippen LogP contribution >= 0.6 is 23.4 Å². The summed E-state index contributed by atoms with van der Waals surface area (Å²) in [7, 11) is 0. The molecule has 9 heteroatoms. The maximum Gasteiger partial charge on any atom is 0.289 e. The van der Waals surface area contributed by atoms with Crippen molar-refractivity contribution in [3.8, 4) is 0 Å².